The molecule has 0 bridgehead atoms. The molecule has 1 nitrogen and oxygen atoms in total. The molecule has 74 valence electrons. The summed E-state index contributed by atoms with van der Waals surface area (Å²) in [5, 5.41) is 0. The molecule has 0 aliphatic carbocycles. The van der Waals surface area contributed by atoms with Crippen LogP contribution in [0.25, 0.3) is 0 Å². The number of rotatable bonds is 1. The fourth-order valence-corrected chi connectivity index (χ4v) is 1.68. The predicted octanol–water partition coefficient (Wildman–Crippen LogP) is 2.52. The highest BCUT2D eigenvalue weighted by Crippen LogP contribution is 2.11. The molecule has 1 aliphatic heterocycles. The van der Waals surface area contributed by atoms with E-state index in [4.69, 9.17) is 0 Å². The van der Waals surface area contributed by atoms with E-state index < -0.39 is 0 Å². The van der Waals surface area contributed by atoms with Crippen LogP contribution in [-0.2, 0) is 0 Å². The van der Waals surface area contributed by atoms with Crippen LogP contribution in [0.3, 0.4) is 0 Å². The first-order chi connectivity index (χ1) is 6.20. The van der Waals surface area contributed by atoms with Crippen molar-refractivity contribution in [1.82, 2.24) is 4.90 Å². The average Bonchev–Trinajstić information content (AvgIpc) is 2.15. The molecule has 0 spiro atoms. The predicted molar refractivity (Wildman–Crippen MR) is 57.5 cm³/mol. The van der Waals surface area contributed by atoms with Gasteiger partial charge in [-0.1, -0.05) is 32.1 Å². The largest absolute Gasteiger partial charge is 0.290 e. The van der Waals surface area contributed by atoms with Crippen molar-refractivity contribution in [3.8, 4) is 11.8 Å². The van der Waals surface area contributed by atoms with Gasteiger partial charge in [-0.15, -0.1) is 0 Å². The summed E-state index contributed by atoms with van der Waals surface area (Å²) >= 11 is 0. The SMILES string of the molecule is CC(C)C#C[C@@H](C)N1CCCCC1. The minimum absolute atomic E-state index is 0.461. The van der Waals surface area contributed by atoms with Crippen LogP contribution >= 0.6 is 0 Å². The van der Waals surface area contributed by atoms with Crippen LogP contribution in [0.4, 0.5) is 0 Å². The molecule has 1 heterocycles. The van der Waals surface area contributed by atoms with Crippen LogP contribution < -0.4 is 0 Å². The first-order valence-corrected chi connectivity index (χ1v) is 5.45. The van der Waals surface area contributed by atoms with Gasteiger partial charge in [0.2, 0.25) is 0 Å². The normalized spacial score (nSPS) is 20.9. The highest BCUT2D eigenvalue weighted by molar-refractivity contribution is 5.08. The van der Waals surface area contributed by atoms with Crippen molar-refractivity contribution in [2.45, 2.75) is 46.1 Å². The molecular formula is C12H21N. The second-order valence-corrected chi connectivity index (χ2v) is 4.22. The molecule has 13 heavy (non-hydrogen) atoms. The number of likely N-dealkylation sites (tertiary alicyclic amines) is 1. The maximum atomic E-state index is 3.33. The van der Waals surface area contributed by atoms with Gasteiger partial charge in [-0.25, -0.2) is 0 Å². The fourth-order valence-electron chi connectivity index (χ4n) is 1.68. The number of piperidine rings is 1. The van der Waals surface area contributed by atoms with Gasteiger partial charge in [0.1, 0.15) is 0 Å². The lowest BCUT2D eigenvalue weighted by Crippen LogP contribution is -2.36. The van der Waals surface area contributed by atoms with Crippen LogP contribution in [0.5, 0.6) is 0 Å². The van der Waals surface area contributed by atoms with Gasteiger partial charge >= 0.3 is 0 Å². The first kappa shape index (κ1) is 10.6. The smallest absolute Gasteiger partial charge is 0.0686 e. The van der Waals surface area contributed by atoms with E-state index in [2.05, 4.69) is 37.5 Å². The zero-order valence-corrected chi connectivity index (χ0v) is 9.14. The van der Waals surface area contributed by atoms with Gasteiger partial charge in [-0.2, -0.15) is 0 Å². The van der Waals surface area contributed by atoms with E-state index in [9.17, 15) is 0 Å². The van der Waals surface area contributed by atoms with Gasteiger partial charge < -0.3 is 0 Å². The number of nitrogens with zero attached hydrogens (tertiary/aromatic N) is 1. The van der Waals surface area contributed by atoms with Gasteiger partial charge in [0, 0.05) is 5.92 Å². The molecule has 0 saturated carbocycles. The van der Waals surface area contributed by atoms with E-state index >= 15 is 0 Å². The van der Waals surface area contributed by atoms with Crippen LogP contribution in [0.1, 0.15) is 40.0 Å². The standard InChI is InChI=1S/C12H21N/c1-11(2)7-8-12(3)13-9-5-4-6-10-13/h11-12H,4-6,9-10H2,1-3H3/t12-/m1/s1. The molecule has 0 aromatic heterocycles. The summed E-state index contributed by atoms with van der Waals surface area (Å²) < 4.78 is 0. The number of hydrogen-bond donors (Lipinski definition) is 0. The van der Waals surface area contributed by atoms with E-state index in [-0.39, 0.29) is 0 Å². The Bertz CT molecular complexity index is 191. The van der Waals surface area contributed by atoms with Crippen LogP contribution in [0.2, 0.25) is 0 Å². The molecule has 1 saturated heterocycles. The van der Waals surface area contributed by atoms with Crippen molar-refractivity contribution < 1.29 is 0 Å². The number of hydrogen-bond acceptors (Lipinski definition) is 1. The molecule has 1 atom stereocenters. The van der Waals surface area contributed by atoms with E-state index in [0.717, 1.165) is 0 Å². The minimum Gasteiger partial charge on any atom is -0.290 e. The Kier molecular flexibility index (Phi) is 4.32. The van der Waals surface area contributed by atoms with E-state index in [1.807, 2.05) is 0 Å². The third-order valence-corrected chi connectivity index (χ3v) is 2.52. The summed E-state index contributed by atoms with van der Waals surface area (Å²) in [6, 6.07) is 0.461. The van der Waals surface area contributed by atoms with Gasteiger partial charge in [-0.05, 0) is 32.9 Å². The summed E-state index contributed by atoms with van der Waals surface area (Å²) in [6.07, 6.45) is 4.11. The summed E-state index contributed by atoms with van der Waals surface area (Å²) in [4.78, 5) is 2.50. The minimum atomic E-state index is 0.461. The molecule has 1 heteroatoms. The third-order valence-electron chi connectivity index (χ3n) is 2.52. The Labute approximate surface area is 82.5 Å². The molecule has 0 amide bonds. The van der Waals surface area contributed by atoms with Crippen LogP contribution in [0, 0.1) is 17.8 Å². The Morgan fingerprint density at radius 1 is 0.923 bits per heavy atom. The quantitative estimate of drug-likeness (QED) is 0.559. The third kappa shape index (κ3) is 3.83. The lowest BCUT2D eigenvalue weighted by atomic mass is 10.1. The molecule has 0 unspecified atom stereocenters. The molecule has 0 aromatic carbocycles. The van der Waals surface area contributed by atoms with Crippen LogP contribution in [-0.4, -0.2) is 24.0 Å². The molecule has 1 aliphatic rings. The van der Waals surface area contributed by atoms with Crippen LogP contribution in [0.15, 0.2) is 0 Å². The van der Waals surface area contributed by atoms with E-state index in [1.54, 1.807) is 0 Å². The molecule has 1 rings (SSSR count). The van der Waals surface area contributed by atoms with Crippen molar-refractivity contribution >= 4 is 0 Å². The first-order valence-electron chi connectivity index (χ1n) is 5.45. The van der Waals surface area contributed by atoms with Gasteiger partial charge in [0.15, 0.2) is 0 Å². The fraction of sp³-hybridized carbons (Fsp3) is 0.833. The maximum Gasteiger partial charge on any atom is 0.0686 e. The molecule has 0 radical (unpaired) electrons. The molecule has 0 N–H and O–H groups in total. The zero-order chi connectivity index (χ0) is 9.68. The topological polar surface area (TPSA) is 3.24 Å². The Balaban J connectivity index is 2.38. The van der Waals surface area contributed by atoms with Crippen molar-refractivity contribution in [3.05, 3.63) is 0 Å². The van der Waals surface area contributed by atoms with E-state index in [1.165, 1.54) is 32.4 Å². The summed E-state index contributed by atoms with van der Waals surface area (Å²) in [6.45, 7) is 9.01. The maximum absolute atomic E-state index is 3.33. The summed E-state index contributed by atoms with van der Waals surface area (Å²) in [5.41, 5.74) is 0. The van der Waals surface area contributed by atoms with E-state index in [0.29, 0.717) is 12.0 Å². The lowest BCUT2D eigenvalue weighted by molar-refractivity contribution is 0.206. The zero-order valence-electron chi connectivity index (χ0n) is 9.14. The molecule has 1 fully saturated rings. The van der Waals surface area contributed by atoms with Crippen molar-refractivity contribution in [2.75, 3.05) is 13.1 Å². The molecule has 0 aromatic rings. The second kappa shape index (κ2) is 5.29. The highest BCUT2D eigenvalue weighted by atomic mass is 15.1. The second-order valence-electron chi connectivity index (χ2n) is 4.22. The van der Waals surface area contributed by atoms with Gasteiger partial charge in [0.25, 0.3) is 0 Å². The summed E-state index contributed by atoms with van der Waals surface area (Å²) in [5.74, 6) is 7.09. The Hall–Kier alpha value is -0.480. The summed E-state index contributed by atoms with van der Waals surface area (Å²) in [7, 11) is 0. The Morgan fingerprint density at radius 2 is 1.54 bits per heavy atom. The monoisotopic (exact) mass is 179 g/mol. The Morgan fingerprint density at radius 3 is 2.08 bits per heavy atom. The highest BCUT2D eigenvalue weighted by Gasteiger charge is 2.14. The van der Waals surface area contributed by atoms with Crippen molar-refractivity contribution in [1.29, 1.82) is 0 Å². The van der Waals surface area contributed by atoms with Gasteiger partial charge in [0.05, 0.1) is 6.04 Å². The van der Waals surface area contributed by atoms with Crippen molar-refractivity contribution in [2.24, 2.45) is 5.92 Å². The average molecular weight is 179 g/mol. The van der Waals surface area contributed by atoms with Gasteiger partial charge in [-0.3, -0.25) is 4.90 Å². The molecular weight excluding hydrogens is 158 g/mol. The van der Waals surface area contributed by atoms with Crippen molar-refractivity contribution in [3.63, 3.8) is 0 Å². The lowest BCUT2D eigenvalue weighted by Gasteiger charge is -2.29.